The van der Waals surface area contributed by atoms with Crippen LogP contribution in [-0.4, -0.2) is 48.1 Å². The molecule has 1 aromatic carbocycles. The third-order valence-electron chi connectivity index (χ3n) is 4.25. The first-order chi connectivity index (χ1) is 8.90. The first-order valence-electron chi connectivity index (χ1n) is 6.79. The lowest BCUT2D eigenvalue weighted by Crippen LogP contribution is -2.34. The Bertz CT molecular complexity index is 450. The summed E-state index contributed by atoms with van der Waals surface area (Å²) < 4.78 is 13.0. The molecule has 19 heavy (non-hydrogen) atoms. The molecule has 3 atom stereocenters. The number of benzene rings is 1. The molecule has 0 spiro atoms. The van der Waals surface area contributed by atoms with E-state index in [2.05, 4.69) is 37.7 Å². The lowest BCUT2D eigenvalue weighted by atomic mass is 10.1. The molecular weight excluding hydrogens is 243 g/mol. The number of phenols is 1. The second-order valence-corrected chi connectivity index (χ2v) is 5.84. The number of hydrogen-bond donors (Lipinski definition) is 1. The van der Waals surface area contributed by atoms with E-state index in [0.29, 0.717) is 12.0 Å². The van der Waals surface area contributed by atoms with Gasteiger partial charge in [0, 0.05) is 36.8 Å². The number of hydrogen-bond acceptors (Lipinski definition) is 3. The van der Waals surface area contributed by atoms with E-state index in [4.69, 9.17) is 0 Å². The largest absolute Gasteiger partial charge is 0.508 e. The Morgan fingerprint density at radius 1 is 1.37 bits per heavy atom. The Morgan fingerprint density at radius 2 is 2.05 bits per heavy atom. The second kappa shape index (κ2) is 5.47. The van der Waals surface area contributed by atoms with E-state index in [9.17, 15) is 9.50 Å². The summed E-state index contributed by atoms with van der Waals surface area (Å²) in [6, 6.07) is 4.92. The van der Waals surface area contributed by atoms with Gasteiger partial charge in [0.1, 0.15) is 11.6 Å². The lowest BCUT2D eigenvalue weighted by molar-refractivity contribution is 0.223. The Labute approximate surface area is 114 Å². The minimum absolute atomic E-state index is 0.0495. The summed E-state index contributed by atoms with van der Waals surface area (Å²) in [5.41, 5.74) is 0.799. The summed E-state index contributed by atoms with van der Waals surface area (Å²) in [6.07, 6.45) is 0. The monoisotopic (exact) mass is 266 g/mol. The first kappa shape index (κ1) is 14.3. The van der Waals surface area contributed by atoms with Gasteiger partial charge in [-0.25, -0.2) is 4.39 Å². The Hall–Kier alpha value is -1.13. The third-order valence-corrected chi connectivity index (χ3v) is 4.25. The predicted molar refractivity (Wildman–Crippen MR) is 74.7 cm³/mol. The van der Waals surface area contributed by atoms with Crippen LogP contribution in [0.4, 0.5) is 4.39 Å². The highest BCUT2D eigenvalue weighted by molar-refractivity contribution is 5.35. The molecule has 3 nitrogen and oxygen atoms in total. The average Bonchev–Trinajstić information content (AvgIpc) is 2.70. The molecule has 1 aliphatic rings. The van der Waals surface area contributed by atoms with Crippen LogP contribution < -0.4 is 0 Å². The maximum Gasteiger partial charge on any atom is 0.126 e. The van der Waals surface area contributed by atoms with Crippen LogP contribution in [0.25, 0.3) is 0 Å². The summed E-state index contributed by atoms with van der Waals surface area (Å²) in [4.78, 5) is 4.60. The minimum atomic E-state index is -0.394. The van der Waals surface area contributed by atoms with E-state index in [0.717, 1.165) is 18.7 Å². The SMILES string of the molecule is CC1CN(C(C)c2ccc(F)cc2O)CC1N(C)C. The molecule has 0 radical (unpaired) electrons. The van der Waals surface area contributed by atoms with Gasteiger partial charge in [0.2, 0.25) is 0 Å². The Kier molecular flexibility index (Phi) is 4.11. The number of nitrogens with zero attached hydrogens (tertiary/aromatic N) is 2. The van der Waals surface area contributed by atoms with Crippen molar-refractivity contribution in [2.45, 2.75) is 25.9 Å². The van der Waals surface area contributed by atoms with Gasteiger partial charge in [-0.3, -0.25) is 4.90 Å². The topological polar surface area (TPSA) is 26.7 Å². The molecule has 0 saturated carbocycles. The summed E-state index contributed by atoms with van der Waals surface area (Å²) in [5.74, 6) is 0.253. The average molecular weight is 266 g/mol. The van der Waals surface area contributed by atoms with Crippen molar-refractivity contribution in [3.8, 4) is 5.75 Å². The molecule has 1 fully saturated rings. The molecule has 1 N–H and O–H groups in total. The molecule has 3 unspecified atom stereocenters. The van der Waals surface area contributed by atoms with Crippen molar-refractivity contribution in [3.05, 3.63) is 29.6 Å². The standard InChI is InChI=1S/C15H23FN2O/c1-10-8-18(9-14(10)17(3)4)11(2)13-6-5-12(16)7-15(13)19/h5-7,10-11,14,19H,8-9H2,1-4H3. The van der Waals surface area contributed by atoms with Gasteiger partial charge in [0.25, 0.3) is 0 Å². The number of aromatic hydroxyl groups is 1. The van der Waals surface area contributed by atoms with Gasteiger partial charge in [-0.2, -0.15) is 0 Å². The van der Waals surface area contributed by atoms with Crippen molar-refractivity contribution in [3.63, 3.8) is 0 Å². The van der Waals surface area contributed by atoms with Crippen LogP contribution >= 0.6 is 0 Å². The van der Waals surface area contributed by atoms with Crippen LogP contribution in [0.5, 0.6) is 5.75 Å². The summed E-state index contributed by atoms with van der Waals surface area (Å²) in [6.45, 7) is 6.30. The highest BCUT2D eigenvalue weighted by Crippen LogP contribution is 2.33. The van der Waals surface area contributed by atoms with Crippen molar-refractivity contribution in [1.82, 2.24) is 9.80 Å². The van der Waals surface area contributed by atoms with E-state index >= 15 is 0 Å². The molecule has 1 heterocycles. The van der Waals surface area contributed by atoms with E-state index in [1.165, 1.54) is 12.1 Å². The van der Waals surface area contributed by atoms with Crippen LogP contribution in [0.1, 0.15) is 25.5 Å². The van der Waals surface area contributed by atoms with E-state index < -0.39 is 5.82 Å². The fourth-order valence-corrected chi connectivity index (χ4v) is 3.04. The predicted octanol–water partition coefficient (Wildman–Crippen LogP) is 2.47. The summed E-state index contributed by atoms with van der Waals surface area (Å²) in [7, 11) is 4.20. The number of rotatable bonds is 3. The zero-order valence-electron chi connectivity index (χ0n) is 12.1. The van der Waals surface area contributed by atoms with Crippen molar-refractivity contribution in [2.75, 3.05) is 27.2 Å². The fraction of sp³-hybridized carbons (Fsp3) is 0.600. The second-order valence-electron chi connectivity index (χ2n) is 5.84. The fourth-order valence-electron chi connectivity index (χ4n) is 3.04. The summed E-state index contributed by atoms with van der Waals surface area (Å²) in [5, 5.41) is 9.89. The van der Waals surface area contributed by atoms with E-state index in [1.807, 2.05) is 0 Å². The number of likely N-dealkylation sites (tertiary alicyclic amines) is 1. The van der Waals surface area contributed by atoms with Crippen molar-refractivity contribution < 1.29 is 9.50 Å². The zero-order chi connectivity index (χ0) is 14.2. The normalized spacial score (nSPS) is 26.0. The molecule has 0 amide bonds. The quantitative estimate of drug-likeness (QED) is 0.910. The molecule has 1 aliphatic heterocycles. The molecule has 1 saturated heterocycles. The highest BCUT2D eigenvalue weighted by atomic mass is 19.1. The van der Waals surface area contributed by atoms with Crippen LogP contribution in [0.2, 0.25) is 0 Å². The van der Waals surface area contributed by atoms with Crippen molar-refractivity contribution in [2.24, 2.45) is 5.92 Å². The molecule has 2 rings (SSSR count). The van der Waals surface area contributed by atoms with Gasteiger partial charge in [0.05, 0.1) is 0 Å². The van der Waals surface area contributed by atoms with E-state index in [1.54, 1.807) is 6.07 Å². The lowest BCUT2D eigenvalue weighted by Gasteiger charge is -2.26. The Balaban J connectivity index is 2.14. The Morgan fingerprint density at radius 3 is 2.58 bits per heavy atom. The highest BCUT2D eigenvalue weighted by Gasteiger charge is 2.34. The minimum Gasteiger partial charge on any atom is -0.508 e. The number of likely N-dealkylation sites (N-methyl/N-ethyl adjacent to an activating group) is 1. The molecule has 0 aliphatic carbocycles. The molecule has 1 aromatic rings. The van der Waals surface area contributed by atoms with Crippen LogP contribution in [0, 0.1) is 11.7 Å². The van der Waals surface area contributed by atoms with Gasteiger partial charge < -0.3 is 10.0 Å². The maximum atomic E-state index is 13.0. The molecule has 0 bridgehead atoms. The molecular formula is C15H23FN2O. The number of phenolic OH excluding ortho intramolecular Hbond substituents is 1. The van der Waals surface area contributed by atoms with Gasteiger partial charge in [0.15, 0.2) is 0 Å². The van der Waals surface area contributed by atoms with Crippen LogP contribution in [-0.2, 0) is 0 Å². The van der Waals surface area contributed by atoms with Crippen LogP contribution in [0.3, 0.4) is 0 Å². The maximum absolute atomic E-state index is 13.0. The number of halogens is 1. The van der Waals surface area contributed by atoms with Gasteiger partial charge in [-0.1, -0.05) is 13.0 Å². The van der Waals surface area contributed by atoms with Crippen molar-refractivity contribution >= 4 is 0 Å². The van der Waals surface area contributed by atoms with Gasteiger partial charge in [-0.05, 0) is 33.0 Å². The molecule has 0 aromatic heterocycles. The van der Waals surface area contributed by atoms with Crippen molar-refractivity contribution in [1.29, 1.82) is 0 Å². The van der Waals surface area contributed by atoms with E-state index in [-0.39, 0.29) is 11.8 Å². The first-order valence-corrected chi connectivity index (χ1v) is 6.79. The van der Waals surface area contributed by atoms with Gasteiger partial charge in [-0.15, -0.1) is 0 Å². The molecule has 4 heteroatoms. The summed E-state index contributed by atoms with van der Waals surface area (Å²) >= 11 is 0. The smallest absolute Gasteiger partial charge is 0.126 e. The zero-order valence-corrected chi connectivity index (χ0v) is 12.1. The van der Waals surface area contributed by atoms with Gasteiger partial charge >= 0.3 is 0 Å². The molecule has 106 valence electrons. The van der Waals surface area contributed by atoms with Crippen LogP contribution in [0.15, 0.2) is 18.2 Å². The third kappa shape index (κ3) is 2.90.